The van der Waals surface area contributed by atoms with Gasteiger partial charge in [0.15, 0.2) is 0 Å². The third kappa shape index (κ3) is 4.03. The van der Waals surface area contributed by atoms with Gasteiger partial charge in [-0.05, 0) is 62.5 Å². The summed E-state index contributed by atoms with van der Waals surface area (Å²) in [6.45, 7) is 4.77. The summed E-state index contributed by atoms with van der Waals surface area (Å²) >= 11 is 0. The molecule has 9 heteroatoms. The van der Waals surface area contributed by atoms with Gasteiger partial charge in [0.25, 0.3) is 15.9 Å². The SMILES string of the molecule is CCOc1ccc2c(c1)cc(C(=O)N1CCN(C)CC1)n2S(=O)(=O)c1ccc(F)cc1. The van der Waals surface area contributed by atoms with Gasteiger partial charge in [-0.2, -0.15) is 0 Å². The predicted molar refractivity (Wildman–Crippen MR) is 115 cm³/mol. The summed E-state index contributed by atoms with van der Waals surface area (Å²) < 4.78 is 47.0. The molecule has 4 rings (SSSR count). The number of benzene rings is 2. The summed E-state index contributed by atoms with van der Waals surface area (Å²) in [5, 5.41) is 0.578. The highest BCUT2D eigenvalue weighted by Crippen LogP contribution is 2.30. The average Bonchev–Trinajstić information content (AvgIpc) is 3.14. The molecule has 31 heavy (non-hydrogen) atoms. The van der Waals surface area contributed by atoms with Gasteiger partial charge < -0.3 is 14.5 Å². The Hall–Kier alpha value is -2.91. The first kappa shape index (κ1) is 21.3. The molecular formula is C22H24FN3O4S. The van der Waals surface area contributed by atoms with Crippen molar-refractivity contribution < 1.29 is 22.3 Å². The number of amides is 1. The Morgan fingerprint density at radius 1 is 1.03 bits per heavy atom. The first-order valence-corrected chi connectivity index (χ1v) is 11.5. The van der Waals surface area contributed by atoms with Crippen LogP contribution in [0.2, 0.25) is 0 Å². The fourth-order valence-electron chi connectivity index (χ4n) is 3.72. The number of hydrogen-bond donors (Lipinski definition) is 0. The van der Waals surface area contributed by atoms with E-state index in [1.54, 1.807) is 29.2 Å². The number of carbonyl (C=O) groups excluding carboxylic acids is 1. The minimum atomic E-state index is -4.14. The maximum atomic E-state index is 13.5. The molecule has 164 valence electrons. The summed E-state index contributed by atoms with van der Waals surface area (Å²) in [4.78, 5) is 17.1. The third-order valence-corrected chi connectivity index (χ3v) is 7.14. The van der Waals surface area contributed by atoms with Crippen molar-refractivity contribution in [3.63, 3.8) is 0 Å². The number of likely N-dealkylation sites (N-methyl/N-ethyl adjacent to an activating group) is 1. The van der Waals surface area contributed by atoms with Crippen LogP contribution in [0.1, 0.15) is 17.4 Å². The van der Waals surface area contributed by atoms with Crippen LogP contribution in [0, 0.1) is 5.82 Å². The summed E-state index contributed by atoms with van der Waals surface area (Å²) in [6, 6.07) is 11.2. The smallest absolute Gasteiger partial charge is 0.271 e. The van der Waals surface area contributed by atoms with E-state index in [2.05, 4.69) is 4.90 Å². The summed E-state index contributed by atoms with van der Waals surface area (Å²) in [6.07, 6.45) is 0. The van der Waals surface area contributed by atoms with Gasteiger partial charge in [-0.3, -0.25) is 4.79 Å². The minimum absolute atomic E-state index is 0.0533. The van der Waals surface area contributed by atoms with E-state index < -0.39 is 15.8 Å². The molecule has 1 amide bonds. The molecule has 0 saturated carbocycles. The third-order valence-electron chi connectivity index (χ3n) is 5.40. The number of rotatable bonds is 5. The van der Waals surface area contributed by atoms with Gasteiger partial charge in [-0.1, -0.05) is 0 Å². The lowest BCUT2D eigenvalue weighted by atomic mass is 10.2. The highest BCUT2D eigenvalue weighted by Gasteiger charge is 2.30. The lowest BCUT2D eigenvalue weighted by Crippen LogP contribution is -2.47. The molecule has 0 atom stereocenters. The Bertz CT molecular complexity index is 1210. The molecule has 1 saturated heterocycles. The van der Waals surface area contributed by atoms with Gasteiger partial charge in [0.05, 0.1) is 17.0 Å². The normalized spacial score (nSPS) is 15.4. The van der Waals surface area contributed by atoms with Gasteiger partial charge in [-0.25, -0.2) is 16.8 Å². The standard InChI is InChI=1S/C22H24FN3O4S/c1-3-30-18-6-9-20-16(14-18)15-21(22(27)25-12-10-24(2)11-13-25)26(20)31(28,29)19-7-4-17(23)5-8-19/h4-9,14-15H,3,10-13H2,1-2H3. The van der Waals surface area contributed by atoms with E-state index in [-0.39, 0.29) is 16.5 Å². The molecule has 2 heterocycles. The Labute approximate surface area is 180 Å². The monoisotopic (exact) mass is 445 g/mol. The number of fused-ring (bicyclic) bond motifs is 1. The zero-order chi connectivity index (χ0) is 22.2. The summed E-state index contributed by atoms with van der Waals surface area (Å²) in [7, 11) is -2.16. The lowest BCUT2D eigenvalue weighted by Gasteiger charge is -2.32. The first-order chi connectivity index (χ1) is 14.8. The van der Waals surface area contributed by atoms with E-state index in [1.807, 2.05) is 14.0 Å². The molecule has 1 fully saturated rings. The molecule has 0 spiro atoms. The Morgan fingerprint density at radius 3 is 2.35 bits per heavy atom. The van der Waals surface area contributed by atoms with Crippen LogP contribution in [0.15, 0.2) is 53.4 Å². The summed E-state index contributed by atoms with van der Waals surface area (Å²) in [5.74, 6) is -0.302. The van der Waals surface area contributed by atoms with E-state index >= 15 is 0 Å². The van der Waals surface area contributed by atoms with E-state index in [0.717, 1.165) is 16.1 Å². The molecule has 0 bridgehead atoms. The van der Waals surface area contributed by atoms with E-state index in [1.165, 1.54) is 12.1 Å². The highest BCUT2D eigenvalue weighted by molar-refractivity contribution is 7.90. The largest absolute Gasteiger partial charge is 0.494 e. The number of ether oxygens (including phenoxy) is 1. The first-order valence-electron chi connectivity index (χ1n) is 10.1. The maximum Gasteiger partial charge on any atom is 0.271 e. The molecule has 0 N–H and O–H groups in total. The van der Waals surface area contributed by atoms with Crippen LogP contribution in [0.3, 0.4) is 0 Å². The summed E-state index contributed by atoms with van der Waals surface area (Å²) in [5.41, 5.74) is 0.419. The number of carbonyl (C=O) groups is 1. The second-order valence-corrected chi connectivity index (χ2v) is 9.29. The van der Waals surface area contributed by atoms with Crippen molar-refractivity contribution in [2.75, 3.05) is 39.8 Å². The Balaban J connectivity index is 1.87. The van der Waals surface area contributed by atoms with Crippen molar-refractivity contribution in [1.29, 1.82) is 0 Å². The topological polar surface area (TPSA) is 71.8 Å². The number of halogens is 1. The van der Waals surface area contributed by atoms with Gasteiger partial charge in [0, 0.05) is 31.6 Å². The van der Waals surface area contributed by atoms with Gasteiger partial charge in [0.2, 0.25) is 0 Å². The van der Waals surface area contributed by atoms with Crippen molar-refractivity contribution in [2.45, 2.75) is 11.8 Å². The fourth-order valence-corrected chi connectivity index (χ4v) is 5.22. The Morgan fingerprint density at radius 2 is 1.71 bits per heavy atom. The number of nitrogens with zero attached hydrogens (tertiary/aromatic N) is 3. The second kappa shape index (κ2) is 8.32. The fraction of sp³-hybridized carbons (Fsp3) is 0.318. The van der Waals surface area contributed by atoms with Crippen LogP contribution < -0.4 is 4.74 Å². The van der Waals surface area contributed by atoms with Crippen LogP contribution in [0.5, 0.6) is 5.75 Å². The molecule has 1 aliphatic rings. The Kier molecular flexibility index (Phi) is 5.72. The van der Waals surface area contributed by atoms with E-state index in [0.29, 0.717) is 49.4 Å². The van der Waals surface area contributed by atoms with Crippen LogP contribution in [-0.2, 0) is 10.0 Å². The van der Waals surface area contributed by atoms with Crippen LogP contribution >= 0.6 is 0 Å². The van der Waals surface area contributed by atoms with Gasteiger partial charge in [0.1, 0.15) is 17.3 Å². The van der Waals surface area contributed by atoms with E-state index in [9.17, 15) is 17.6 Å². The second-order valence-electron chi connectivity index (χ2n) is 7.50. The van der Waals surface area contributed by atoms with Gasteiger partial charge >= 0.3 is 0 Å². The van der Waals surface area contributed by atoms with Crippen LogP contribution in [0.4, 0.5) is 4.39 Å². The molecule has 3 aromatic rings. The van der Waals surface area contributed by atoms with Crippen molar-refractivity contribution in [1.82, 2.24) is 13.8 Å². The number of piperazine rings is 1. The van der Waals surface area contributed by atoms with E-state index in [4.69, 9.17) is 4.74 Å². The quantitative estimate of drug-likeness (QED) is 0.604. The molecule has 1 aliphatic heterocycles. The van der Waals surface area contributed by atoms with Gasteiger partial charge in [-0.15, -0.1) is 0 Å². The zero-order valence-electron chi connectivity index (χ0n) is 17.4. The minimum Gasteiger partial charge on any atom is -0.494 e. The number of hydrogen-bond acceptors (Lipinski definition) is 5. The molecule has 1 aromatic heterocycles. The maximum absolute atomic E-state index is 13.5. The predicted octanol–water partition coefficient (Wildman–Crippen LogP) is 2.80. The molecule has 0 aliphatic carbocycles. The van der Waals surface area contributed by atoms with Crippen molar-refractivity contribution >= 4 is 26.8 Å². The lowest BCUT2D eigenvalue weighted by molar-refractivity contribution is 0.0657. The average molecular weight is 446 g/mol. The van der Waals surface area contributed by atoms with Crippen LogP contribution in [-0.4, -0.2) is 67.9 Å². The van der Waals surface area contributed by atoms with Crippen LogP contribution in [0.25, 0.3) is 10.9 Å². The zero-order valence-corrected chi connectivity index (χ0v) is 18.2. The van der Waals surface area contributed by atoms with Crippen molar-refractivity contribution in [2.24, 2.45) is 0 Å². The van der Waals surface area contributed by atoms with Crippen molar-refractivity contribution in [3.8, 4) is 5.75 Å². The molecule has 7 nitrogen and oxygen atoms in total. The molecular weight excluding hydrogens is 421 g/mol. The molecule has 2 aromatic carbocycles. The van der Waals surface area contributed by atoms with Crippen molar-refractivity contribution in [3.05, 3.63) is 60.0 Å². The molecule has 0 unspecified atom stereocenters. The number of aromatic nitrogens is 1. The highest BCUT2D eigenvalue weighted by atomic mass is 32.2. The molecule has 0 radical (unpaired) electrons.